The molecule has 3 rings (SSSR count). The highest BCUT2D eigenvalue weighted by Crippen LogP contribution is 2.38. The smallest absolute Gasteiger partial charge is 0.376 e. The van der Waals surface area contributed by atoms with Crippen LogP contribution < -0.4 is 10.6 Å². The van der Waals surface area contributed by atoms with Crippen LogP contribution in [0.2, 0.25) is 0 Å². The van der Waals surface area contributed by atoms with Gasteiger partial charge in [-0.1, -0.05) is 38.1 Å². The maximum absolute atomic E-state index is 14.1. The van der Waals surface area contributed by atoms with Gasteiger partial charge in [-0.25, -0.2) is 0 Å². The molecular formula is C25H30F3N3O3. The molecule has 0 unspecified atom stereocenters. The van der Waals surface area contributed by atoms with Crippen LogP contribution >= 0.6 is 0 Å². The number of amides is 2. The number of alkyl halides is 3. The number of halogens is 3. The molecule has 9 heteroatoms. The van der Waals surface area contributed by atoms with Gasteiger partial charge in [0.25, 0.3) is 0 Å². The molecule has 34 heavy (non-hydrogen) atoms. The molecule has 1 aliphatic rings. The third-order valence-electron chi connectivity index (χ3n) is 6.16. The van der Waals surface area contributed by atoms with Crippen molar-refractivity contribution in [2.75, 3.05) is 37.7 Å². The van der Waals surface area contributed by atoms with Crippen LogP contribution in [0.3, 0.4) is 0 Å². The molecule has 0 aliphatic carbocycles. The number of likely N-dealkylation sites (N-methyl/N-ethyl adjacent to an activating group) is 1. The molecule has 0 atom stereocenters. The van der Waals surface area contributed by atoms with Gasteiger partial charge in [0, 0.05) is 24.2 Å². The summed E-state index contributed by atoms with van der Waals surface area (Å²) in [6.45, 7) is 5.88. The predicted octanol–water partition coefficient (Wildman–Crippen LogP) is 3.79. The lowest BCUT2D eigenvalue weighted by Gasteiger charge is -2.30. The Morgan fingerprint density at radius 3 is 2.44 bits per heavy atom. The van der Waals surface area contributed by atoms with E-state index in [9.17, 15) is 22.8 Å². The molecule has 0 saturated heterocycles. The number of ether oxygens (including phenoxy) is 1. The van der Waals surface area contributed by atoms with Crippen LogP contribution in [-0.4, -0.2) is 49.5 Å². The lowest BCUT2D eigenvalue weighted by Crippen LogP contribution is -2.40. The second kappa shape index (κ2) is 11.0. The van der Waals surface area contributed by atoms with Crippen molar-refractivity contribution in [3.8, 4) is 0 Å². The molecule has 184 valence electrons. The van der Waals surface area contributed by atoms with Gasteiger partial charge in [0.05, 0.1) is 30.9 Å². The summed E-state index contributed by atoms with van der Waals surface area (Å²) in [5.41, 5.74) is 5.61. The minimum absolute atomic E-state index is 0.0140. The summed E-state index contributed by atoms with van der Waals surface area (Å²) in [7, 11) is 0. The molecule has 2 amide bonds. The molecule has 2 N–H and O–H groups in total. The first-order valence-corrected chi connectivity index (χ1v) is 11.4. The third kappa shape index (κ3) is 5.95. The first kappa shape index (κ1) is 25.7. The molecule has 0 fully saturated rings. The second-order valence-electron chi connectivity index (χ2n) is 8.20. The Hall–Kier alpha value is -2.91. The summed E-state index contributed by atoms with van der Waals surface area (Å²) < 4.78 is 47.8. The molecule has 2 aromatic rings. The van der Waals surface area contributed by atoms with E-state index in [1.54, 1.807) is 0 Å². The van der Waals surface area contributed by atoms with Gasteiger partial charge >= 0.3 is 6.18 Å². The van der Waals surface area contributed by atoms with Crippen molar-refractivity contribution in [1.82, 2.24) is 4.90 Å². The van der Waals surface area contributed by atoms with Gasteiger partial charge in [0.15, 0.2) is 0 Å². The molecule has 0 radical (unpaired) electrons. The molecule has 1 aliphatic heterocycles. The summed E-state index contributed by atoms with van der Waals surface area (Å²) in [4.78, 5) is 28.9. The fourth-order valence-corrected chi connectivity index (χ4v) is 4.19. The molecular weight excluding hydrogens is 447 g/mol. The number of benzene rings is 2. The average molecular weight is 478 g/mol. The van der Waals surface area contributed by atoms with E-state index in [2.05, 4.69) is 4.90 Å². The van der Waals surface area contributed by atoms with Crippen molar-refractivity contribution in [3.05, 3.63) is 64.2 Å². The molecule has 0 spiro atoms. The maximum atomic E-state index is 14.1. The van der Waals surface area contributed by atoms with E-state index in [0.717, 1.165) is 30.3 Å². The van der Waals surface area contributed by atoms with E-state index in [1.165, 1.54) is 11.0 Å². The SMILES string of the molecule is CCN(CC)CCN1C(=O)Cc2ccccc2CCOCc2c1cc(C(N)=O)cc2C(F)(F)F. The normalized spacial score (nSPS) is 15.0. The molecule has 0 saturated carbocycles. The largest absolute Gasteiger partial charge is 0.416 e. The van der Waals surface area contributed by atoms with Gasteiger partial charge in [-0.05, 0) is 42.8 Å². The van der Waals surface area contributed by atoms with Crippen LogP contribution in [0.5, 0.6) is 0 Å². The quantitative estimate of drug-likeness (QED) is 0.687. The number of rotatable bonds is 6. The van der Waals surface area contributed by atoms with Crippen LogP contribution in [0.15, 0.2) is 36.4 Å². The monoisotopic (exact) mass is 477 g/mol. The highest BCUT2D eigenvalue weighted by molar-refractivity contribution is 5.99. The fourth-order valence-electron chi connectivity index (χ4n) is 4.19. The summed E-state index contributed by atoms with van der Waals surface area (Å²) in [6, 6.07) is 9.44. The van der Waals surface area contributed by atoms with Crippen LogP contribution in [0.4, 0.5) is 18.9 Å². The Morgan fingerprint density at radius 2 is 1.82 bits per heavy atom. The summed E-state index contributed by atoms with van der Waals surface area (Å²) in [6.07, 6.45) is -4.26. The Kier molecular flexibility index (Phi) is 8.33. The number of nitrogens with zero attached hydrogens (tertiary/aromatic N) is 2. The number of anilines is 1. The summed E-state index contributed by atoms with van der Waals surface area (Å²) >= 11 is 0. The Bertz CT molecular complexity index is 1040. The number of carbonyl (C=O) groups is 2. The van der Waals surface area contributed by atoms with E-state index in [4.69, 9.17) is 10.5 Å². The number of primary amides is 1. The first-order valence-electron chi connectivity index (χ1n) is 11.4. The summed E-state index contributed by atoms with van der Waals surface area (Å²) in [5, 5.41) is 0. The molecule has 0 bridgehead atoms. The molecule has 6 nitrogen and oxygen atoms in total. The third-order valence-corrected chi connectivity index (χ3v) is 6.16. The lowest BCUT2D eigenvalue weighted by molar-refractivity contribution is -0.139. The van der Waals surface area contributed by atoms with E-state index < -0.39 is 17.6 Å². The number of hydrogen-bond acceptors (Lipinski definition) is 4. The van der Waals surface area contributed by atoms with E-state index in [1.807, 2.05) is 38.1 Å². The van der Waals surface area contributed by atoms with Crippen molar-refractivity contribution in [3.63, 3.8) is 0 Å². The van der Waals surface area contributed by atoms with Gasteiger partial charge in [0.2, 0.25) is 11.8 Å². The maximum Gasteiger partial charge on any atom is 0.416 e. The fraction of sp³-hybridized carbons (Fsp3) is 0.440. The van der Waals surface area contributed by atoms with Gasteiger partial charge in [0.1, 0.15) is 0 Å². The van der Waals surface area contributed by atoms with Crippen molar-refractivity contribution < 1.29 is 27.5 Å². The van der Waals surface area contributed by atoms with Crippen molar-refractivity contribution >= 4 is 17.5 Å². The number of hydrogen-bond donors (Lipinski definition) is 1. The van der Waals surface area contributed by atoms with E-state index in [-0.39, 0.29) is 48.9 Å². The zero-order valence-electron chi connectivity index (χ0n) is 19.5. The average Bonchev–Trinajstić information content (AvgIpc) is 2.81. The van der Waals surface area contributed by atoms with Crippen LogP contribution in [0.1, 0.15) is 46.5 Å². The summed E-state index contributed by atoms with van der Waals surface area (Å²) in [5.74, 6) is -1.34. The van der Waals surface area contributed by atoms with Crippen LogP contribution in [0, 0.1) is 0 Å². The van der Waals surface area contributed by atoms with Crippen molar-refractivity contribution in [2.45, 2.75) is 39.5 Å². The Labute approximate surface area is 197 Å². The lowest BCUT2D eigenvalue weighted by atomic mass is 9.98. The molecule has 1 heterocycles. The Morgan fingerprint density at radius 1 is 1.15 bits per heavy atom. The minimum atomic E-state index is -4.75. The number of fused-ring (bicyclic) bond motifs is 2. The zero-order chi connectivity index (χ0) is 24.9. The highest BCUT2D eigenvalue weighted by Gasteiger charge is 2.37. The first-order chi connectivity index (χ1) is 16.2. The minimum Gasteiger partial charge on any atom is -0.376 e. The van der Waals surface area contributed by atoms with E-state index >= 15 is 0 Å². The second-order valence-corrected chi connectivity index (χ2v) is 8.20. The van der Waals surface area contributed by atoms with Gasteiger partial charge < -0.3 is 20.3 Å². The standard InChI is InChI=1S/C25H30F3N3O3/c1-3-30(4-2)10-11-31-22-14-19(24(29)33)13-21(25(26,27)28)20(22)16-34-12-9-17-7-5-6-8-18(17)15-23(31)32/h5-8,13-14H,3-4,9-12,15-16H2,1-2H3,(H2,29,33). The molecule has 0 aromatic heterocycles. The van der Waals surface area contributed by atoms with Gasteiger partial charge in [-0.2, -0.15) is 13.2 Å². The highest BCUT2D eigenvalue weighted by atomic mass is 19.4. The topological polar surface area (TPSA) is 75.9 Å². The van der Waals surface area contributed by atoms with Gasteiger partial charge in [-0.15, -0.1) is 0 Å². The number of carbonyl (C=O) groups excluding carboxylic acids is 2. The van der Waals surface area contributed by atoms with Gasteiger partial charge in [-0.3, -0.25) is 9.59 Å². The Balaban J connectivity index is 2.18. The van der Waals surface area contributed by atoms with E-state index in [0.29, 0.717) is 13.0 Å². The predicted molar refractivity (Wildman–Crippen MR) is 124 cm³/mol. The van der Waals surface area contributed by atoms with Crippen LogP contribution in [-0.2, 0) is 35.2 Å². The van der Waals surface area contributed by atoms with Crippen molar-refractivity contribution in [2.24, 2.45) is 5.73 Å². The van der Waals surface area contributed by atoms with Crippen LogP contribution in [0.25, 0.3) is 0 Å². The van der Waals surface area contributed by atoms with Crippen molar-refractivity contribution in [1.29, 1.82) is 0 Å². The zero-order valence-corrected chi connectivity index (χ0v) is 19.5. The molecule has 2 aromatic carbocycles. The number of nitrogens with two attached hydrogens (primary N) is 1.